The molecular weight excluding hydrogens is 308 g/mol. The van der Waals surface area contributed by atoms with Crippen molar-refractivity contribution in [3.63, 3.8) is 0 Å². The molecule has 1 N–H and O–H groups in total. The quantitative estimate of drug-likeness (QED) is 0.374. The van der Waals surface area contributed by atoms with Crippen LogP contribution in [0.5, 0.6) is 5.75 Å². The fourth-order valence-corrected chi connectivity index (χ4v) is 2.14. The minimum atomic E-state index is -1.30. The summed E-state index contributed by atoms with van der Waals surface area (Å²) in [4.78, 5) is 34.1. The summed E-state index contributed by atoms with van der Waals surface area (Å²) in [6.45, 7) is 2.78. The maximum Gasteiger partial charge on any atom is 0.325 e. The van der Waals surface area contributed by atoms with Crippen LogP contribution in [0.2, 0.25) is 0 Å². The van der Waals surface area contributed by atoms with Gasteiger partial charge in [0.25, 0.3) is 5.79 Å². The zero-order chi connectivity index (χ0) is 17.2. The highest BCUT2D eigenvalue weighted by atomic mass is 16.7. The number of esters is 2. The molecule has 23 heavy (non-hydrogen) atoms. The fraction of sp³-hybridized carbons (Fsp3) is 0.429. The minimum Gasteiger partial charge on any atom is -0.489 e. The molecule has 0 bridgehead atoms. The average Bonchev–Trinajstić information content (AvgIpc) is 2.44. The number of carbonyl (C=O) groups is 2. The van der Waals surface area contributed by atoms with Gasteiger partial charge in [-0.05, 0) is 6.07 Å². The smallest absolute Gasteiger partial charge is 0.325 e. The lowest BCUT2D eigenvalue weighted by molar-refractivity contribution is -0.385. The van der Waals surface area contributed by atoms with E-state index in [1.807, 2.05) is 0 Å². The number of nitrogens with one attached hydrogen (secondary N) is 1. The molecule has 9 nitrogen and oxygen atoms in total. The van der Waals surface area contributed by atoms with Crippen LogP contribution in [0.3, 0.4) is 0 Å². The highest BCUT2D eigenvalue weighted by molar-refractivity contribution is 5.97. The third kappa shape index (κ3) is 3.50. The summed E-state index contributed by atoms with van der Waals surface area (Å²) in [7, 11) is 1.29. The van der Waals surface area contributed by atoms with E-state index in [1.165, 1.54) is 39.2 Å². The molecule has 0 spiro atoms. The Morgan fingerprint density at radius 2 is 1.91 bits per heavy atom. The van der Waals surface area contributed by atoms with E-state index >= 15 is 0 Å². The summed E-state index contributed by atoms with van der Waals surface area (Å²) in [5.41, 5.74) is 0.0552. The molecule has 0 unspecified atom stereocenters. The highest BCUT2D eigenvalue weighted by Crippen LogP contribution is 2.35. The Bertz CT molecular complexity index is 637. The van der Waals surface area contributed by atoms with E-state index in [1.54, 1.807) is 0 Å². The van der Waals surface area contributed by atoms with Gasteiger partial charge in [0.05, 0.1) is 17.7 Å². The number of hydrogen-bond donors (Lipinski definition) is 1. The van der Waals surface area contributed by atoms with Crippen molar-refractivity contribution in [1.29, 1.82) is 0 Å². The summed E-state index contributed by atoms with van der Waals surface area (Å²) in [6, 6.07) is 4.29. The number of carbonyl (C=O) groups excluding carboxylic acids is 2. The Kier molecular flexibility index (Phi) is 4.39. The van der Waals surface area contributed by atoms with E-state index in [9.17, 15) is 19.7 Å². The monoisotopic (exact) mass is 324 g/mol. The second kappa shape index (κ2) is 6.11. The van der Waals surface area contributed by atoms with Gasteiger partial charge in [-0.25, -0.2) is 0 Å². The van der Waals surface area contributed by atoms with Crippen LogP contribution < -0.4 is 10.1 Å². The van der Waals surface area contributed by atoms with Crippen molar-refractivity contribution in [3.8, 4) is 5.75 Å². The number of cyclic esters (lactones) is 2. The van der Waals surface area contributed by atoms with Gasteiger partial charge in [-0.3, -0.25) is 19.7 Å². The molecule has 0 radical (unpaired) electrons. The van der Waals surface area contributed by atoms with Gasteiger partial charge in [-0.2, -0.15) is 0 Å². The third-order valence-corrected chi connectivity index (χ3v) is 3.15. The minimum absolute atomic E-state index is 0.00961. The molecule has 1 aromatic rings. The van der Waals surface area contributed by atoms with Crippen molar-refractivity contribution in [2.45, 2.75) is 19.6 Å². The molecule has 1 aliphatic rings. The normalized spacial score (nSPS) is 17.2. The van der Waals surface area contributed by atoms with E-state index in [0.29, 0.717) is 0 Å². The van der Waals surface area contributed by atoms with Crippen LogP contribution in [0.4, 0.5) is 11.4 Å². The molecule has 1 aromatic carbocycles. The lowest BCUT2D eigenvalue weighted by Crippen LogP contribution is -2.48. The molecule has 1 aliphatic heterocycles. The third-order valence-electron chi connectivity index (χ3n) is 3.15. The molecule has 0 atom stereocenters. The van der Waals surface area contributed by atoms with Crippen molar-refractivity contribution in [2.75, 3.05) is 19.0 Å². The first-order chi connectivity index (χ1) is 10.7. The zero-order valence-corrected chi connectivity index (χ0v) is 12.8. The van der Waals surface area contributed by atoms with Gasteiger partial charge in [0, 0.05) is 26.5 Å². The molecule has 9 heteroatoms. The maximum atomic E-state index is 11.9. The fourth-order valence-electron chi connectivity index (χ4n) is 2.14. The topological polar surface area (TPSA) is 117 Å². The first-order valence-electron chi connectivity index (χ1n) is 6.76. The first kappa shape index (κ1) is 16.5. The second-order valence-corrected chi connectivity index (χ2v) is 5.29. The van der Waals surface area contributed by atoms with Crippen molar-refractivity contribution in [1.82, 2.24) is 0 Å². The SMILES string of the molecule is COc1c(NCC2C(=O)OC(C)(C)OC2=O)cccc1[N+](=O)[O-]. The van der Waals surface area contributed by atoms with Crippen LogP contribution in [0.25, 0.3) is 0 Å². The molecule has 0 saturated carbocycles. The number of nitro benzene ring substituents is 1. The van der Waals surface area contributed by atoms with Crippen LogP contribution in [0.1, 0.15) is 13.8 Å². The number of nitro groups is 1. The number of hydrogen-bond acceptors (Lipinski definition) is 8. The van der Waals surface area contributed by atoms with Crippen molar-refractivity contribution in [2.24, 2.45) is 5.92 Å². The summed E-state index contributed by atoms with van der Waals surface area (Å²) < 4.78 is 15.0. The first-order valence-corrected chi connectivity index (χ1v) is 6.76. The highest BCUT2D eigenvalue weighted by Gasteiger charge is 2.43. The van der Waals surface area contributed by atoms with Gasteiger partial charge in [0.2, 0.25) is 5.75 Å². The summed E-state index contributed by atoms with van der Waals surface area (Å²) in [5.74, 6) is -3.89. The molecular formula is C14H16N2O7. The average molecular weight is 324 g/mol. The van der Waals surface area contributed by atoms with Gasteiger partial charge in [0.1, 0.15) is 0 Å². The van der Waals surface area contributed by atoms with Crippen LogP contribution >= 0.6 is 0 Å². The van der Waals surface area contributed by atoms with E-state index in [2.05, 4.69) is 5.32 Å². The molecule has 0 aromatic heterocycles. The molecule has 1 heterocycles. The Balaban J connectivity index is 2.15. The van der Waals surface area contributed by atoms with Crippen LogP contribution in [0.15, 0.2) is 18.2 Å². The molecule has 124 valence electrons. The largest absolute Gasteiger partial charge is 0.489 e. The number of rotatable bonds is 5. The van der Waals surface area contributed by atoms with E-state index in [0.717, 1.165) is 0 Å². The molecule has 1 fully saturated rings. The Morgan fingerprint density at radius 1 is 1.30 bits per heavy atom. The van der Waals surface area contributed by atoms with Crippen molar-refractivity contribution in [3.05, 3.63) is 28.3 Å². The molecule has 0 amide bonds. The van der Waals surface area contributed by atoms with Crippen LogP contribution in [-0.2, 0) is 19.1 Å². The molecule has 0 aliphatic carbocycles. The van der Waals surface area contributed by atoms with Gasteiger partial charge in [-0.15, -0.1) is 0 Å². The number of methoxy groups -OCH3 is 1. The number of anilines is 1. The van der Waals surface area contributed by atoms with Crippen LogP contribution in [0, 0.1) is 16.0 Å². The standard InChI is InChI=1S/C14H16N2O7/c1-14(2)22-12(17)8(13(18)23-14)7-15-9-5-4-6-10(16(19)20)11(9)21-3/h4-6,8,15H,7H2,1-3H3. The lowest BCUT2D eigenvalue weighted by atomic mass is 10.1. The van der Waals surface area contributed by atoms with Gasteiger partial charge in [0.15, 0.2) is 5.92 Å². The predicted octanol–water partition coefficient (Wildman–Crippen LogP) is 1.47. The second-order valence-electron chi connectivity index (χ2n) is 5.29. The number of benzene rings is 1. The lowest BCUT2D eigenvalue weighted by Gasteiger charge is -2.33. The summed E-state index contributed by atoms with van der Waals surface area (Å²) in [5, 5.41) is 13.8. The molecule has 2 rings (SSSR count). The predicted molar refractivity (Wildman–Crippen MR) is 77.9 cm³/mol. The Morgan fingerprint density at radius 3 is 2.43 bits per heavy atom. The van der Waals surface area contributed by atoms with E-state index < -0.39 is 28.6 Å². The maximum absolute atomic E-state index is 11.9. The van der Waals surface area contributed by atoms with Gasteiger partial charge in [-0.1, -0.05) is 6.07 Å². The van der Waals surface area contributed by atoms with Crippen molar-refractivity contribution >= 4 is 23.3 Å². The zero-order valence-electron chi connectivity index (χ0n) is 12.8. The van der Waals surface area contributed by atoms with E-state index in [4.69, 9.17) is 14.2 Å². The number of ether oxygens (including phenoxy) is 3. The van der Waals surface area contributed by atoms with Gasteiger partial charge >= 0.3 is 17.6 Å². The Labute approximate surface area is 131 Å². The van der Waals surface area contributed by atoms with E-state index in [-0.39, 0.29) is 23.7 Å². The molecule has 1 saturated heterocycles. The summed E-state index contributed by atoms with van der Waals surface area (Å²) >= 11 is 0. The summed E-state index contributed by atoms with van der Waals surface area (Å²) in [6.07, 6.45) is 0. The van der Waals surface area contributed by atoms with Gasteiger partial charge < -0.3 is 19.5 Å². The van der Waals surface area contributed by atoms with Crippen molar-refractivity contribution < 1.29 is 28.7 Å². The van der Waals surface area contributed by atoms with Crippen LogP contribution in [-0.4, -0.2) is 36.3 Å². The number of para-hydroxylation sites is 1. The Hall–Kier alpha value is -2.84. The number of nitrogens with zero attached hydrogens (tertiary/aromatic N) is 1.